The van der Waals surface area contributed by atoms with Gasteiger partial charge in [0, 0.05) is 6.04 Å². The van der Waals surface area contributed by atoms with Gasteiger partial charge in [0.25, 0.3) is 0 Å². The Labute approximate surface area is 122 Å². The van der Waals surface area contributed by atoms with Crippen molar-refractivity contribution in [2.24, 2.45) is 5.92 Å². The van der Waals surface area contributed by atoms with Gasteiger partial charge in [-0.2, -0.15) is 0 Å². The van der Waals surface area contributed by atoms with Gasteiger partial charge >= 0.3 is 0 Å². The van der Waals surface area contributed by atoms with E-state index in [0.29, 0.717) is 17.7 Å². The van der Waals surface area contributed by atoms with Gasteiger partial charge in [0.2, 0.25) is 0 Å². The average molecular weight is 295 g/mol. The van der Waals surface area contributed by atoms with Crippen molar-refractivity contribution in [2.75, 3.05) is 12.3 Å². The van der Waals surface area contributed by atoms with E-state index in [1.54, 1.807) is 0 Å². The van der Waals surface area contributed by atoms with Crippen LogP contribution in [0.4, 0.5) is 0 Å². The van der Waals surface area contributed by atoms with Gasteiger partial charge in [0.05, 0.1) is 11.5 Å². The Kier molecular flexibility index (Phi) is 5.61. The molecule has 3 nitrogen and oxygen atoms in total. The summed E-state index contributed by atoms with van der Waals surface area (Å²) >= 11 is 0. The van der Waals surface area contributed by atoms with Crippen LogP contribution in [-0.4, -0.2) is 26.8 Å². The molecule has 20 heavy (non-hydrogen) atoms. The van der Waals surface area contributed by atoms with E-state index in [4.69, 9.17) is 0 Å². The molecule has 2 atom stereocenters. The number of hydrogen-bond donors (Lipinski definition) is 1. The second-order valence-corrected chi connectivity index (χ2v) is 7.91. The third-order valence-electron chi connectivity index (χ3n) is 4.15. The van der Waals surface area contributed by atoms with Gasteiger partial charge < -0.3 is 5.32 Å². The van der Waals surface area contributed by atoms with Crippen molar-refractivity contribution in [3.63, 3.8) is 0 Å². The zero-order chi connectivity index (χ0) is 14.4. The third-order valence-corrected chi connectivity index (χ3v) is 5.79. The Morgan fingerprint density at radius 1 is 1.20 bits per heavy atom. The van der Waals surface area contributed by atoms with Crippen molar-refractivity contribution < 1.29 is 8.42 Å². The maximum absolute atomic E-state index is 12.2. The zero-order valence-electron chi connectivity index (χ0n) is 12.2. The van der Waals surface area contributed by atoms with Crippen LogP contribution in [0.3, 0.4) is 0 Å². The van der Waals surface area contributed by atoms with Gasteiger partial charge in [-0.15, -0.1) is 0 Å². The normalized spacial score (nSPS) is 23.1. The lowest BCUT2D eigenvalue weighted by atomic mass is 10.0. The molecule has 1 aliphatic carbocycles. The van der Waals surface area contributed by atoms with E-state index in [0.717, 1.165) is 18.5 Å². The van der Waals surface area contributed by atoms with Crippen molar-refractivity contribution in [2.45, 2.75) is 44.4 Å². The smallest absolute Gasteiger partial charge is 0.154 e. The van der Waals surface area contributed by atoms with Crippen LogP contribution in [0.25, 0.3) is 0 Å². The first-order chi connectivity index (χ1) is 9.61. The fourth-order valence-corrected chi connectivity index (χ4v) is 4.65. The SMILES string of the molecule is CCNC1CCCC1CCS(=O)(=O)Cc1ccccc1. The van der Waals surface area contributed by atoms with Crippen LogP contribution in [-0.2, 0) is 15.6 Å². The lowest BCUT2D eigenvalue weighted by Crippen LogP contribution is -2.33. The van der Waals surface area contributed by atoms with Gasteiger partial charge in [-0.05, 0) is 37.3 Å². The standard InChI is InChI=1S/C16H25NO2S/c1-2-17-16-10-6-9-15(16)11-12-20(18,19)13-14-7-4-3-5-8-14/h3-5,7-8,15-17H,2,6,9-13H2,1H3. The molecule has 0 saturated heterocycles. The Morgan fingerprint density at radius 3 is 2.65 bits per heavy atom. The Balaban J connectivity index is 1.86. The number of hydrogen-bond acceptors (Lipinski definition) is 3. The molecule has 2 rings (SSSR count). The Morgan fingerprint density at radius 2 is 1.95 bits per heavy atom. The molecule has 0 radical (unpaired) electrons. The molecule has 1 N–H and O–H groups in total. The number of benzene rings is 1. The minimum absolute atomic E-state index is 0.173. The van der Waals surface area contributed by atoms with Crippen LogP contribution >= 0.6 is 0 Å². The molecule has 0 heterocycles. The lowest BCUT2D eigenvalue weighted by molar-refractivity contribution is 0.398. The molecular weight excluding hydrogens is 270 g/mol. The quantitative estimate of drug-likeness (QED) is 0.841. The first-order valence-electron chi connectivity index (χ1n) is 7.58. The van der Waals surface area contributed by atoms with Crippen LogP contribution in [0.2, 0.25) is 0 Å². The summed E-state index contributed by atoms with van der Waals surface area (Å²) < 4.78 is 24.4. The summed E-state index contributed by atoms with van der Waals surface area (Å²) in [6.07, 6.45) is 4.38. The molecular formula is C16H25NO2S. The van der Waals surface area contributed by atoms with E-state index < -0.39 is 9.84 Å². The second kappa shape index (κ2) is 7.23. The predicted octanol–water partition coefficient (Wildman–Crippen LogP) is 2.77. The van der Waals surface area contributed by atoms with Gasteiger partial charge in [-0.25, -0.2) is 8.42 Å². The summed E-state index contributed by atoms with van der Waals surface area (Å²) in [6, 6.07) is 9.98. The molecule has 1 fully saturated rings. The summed E-state index contributed by atoms with van der Waals surface area (Å²) in [6.45, 7) is 3.08. The molecule has 1 saturated carbocycles. The van der Waals surface area contributed by atoms with Crippen molar-refractivity contribution in [1.82, 2.24) is 5.32 Å². The summed E-state index contributed by atoms with van der Waals surface area (Å²) in [5, 5.41) is 3.49. The van der Waals surface area contributed by atoms with Crippen LogP contribution < -0.4 is 5.32 Å². The third kappa shape index (κ3) is 4.60. The minimum Gasteiger partial charge on any atom is -0.314 e. The first-order valence-corrected chi connectivity index (χ1v) is 9.40. The monoisotopic (exact) mass is 295 g/mol. The van der Waals surface area contributed by atoms with Gasteiger partial charge in [-0.1, -0.05) is 43.7 Å². The van der Waals surface area contributed by atoms with E-state index in [1.807, 2.05) is 30.3 Å². The highest BCUT2D eigenvalue weighted by Crippen LogP contribution is 2.29. The summed E-state index contributed by atoms with van der Waals surface area (Å²) in [4.78, 5) is 0. The Bertz CT molecular complexity index is 498. The topological polar surface area (TPSA) is 46.2 Å². The van der Waals surface area contributed by atoms with Crippen molar-refractivity contribution in [3.05, 3.63) is 35.9 Å². The lowest BCUT2D eigenvalue weighted by Gasteiger charge is -2.20. The second-order valence-electron chi connectivity index (χ2n) is 5.72. The van der Waals surface area contributed by atoms with Crippen LogP contribution in [0, 0.1) is 5.92 Å². The van der Waals surface area contributed by atoms with E-state index >= 15 is 0 Å². The van der Waals surface area contributed by atoms with E-state index in [-0.39, 0.29) is 5.75 Å². The van der Waals surface area contributed by atoms with E-state index in [2.05, 4.69) is 12.2 Å². The Hall–Kier alpha value is -0.870. The number of sulfone groups is 1. The van der Waals surface area contributed by atoms with Gasteiger partial charge in [0.15, 0.2) is 9.84 Å². The van der Waals surface area contributed by atoms with Crippen LogP contribution in [0.5, 0.6) is 0 Å². The molecule has 0 spiro atoms. The molecule has 1 aromatic rings. The maximum atomic E-state index is 12.2. The zero-order valence-corrected chi connectivity index (χ0v) is 13.0. The molecule has 112 valence electrons. The fourth-order valence-electron chi connectivity index (χ4n) is 3.14. The van der Waals surface area contributed by atoms with Crippen LogP contribution in [0.15, 0.2) is 30.3 Å². The largest absolute Gasteiger partial charge is 0.314 e. The molecule has 0 bridgehead atoms. The summed E-state index contributed by atoms with van der Waals surface area (Å²) in [7, 11) is -2.99. The van der Waals surface area contributed by atoms with E-state index in [9.17, 15) is 8.42 Å². The highest BCUT2D eigenvalue weighted by Gasteiger charge is 2.27. The molecule has 0 aromatic heterocycles. The molecule has 0 amide bonds. The molecule has 1 aliphatic rings. The number of rotatable bonds is 7. The molecule has 4 heteroatoms. The first kappa shape index (κ1) is 15.5. The van der Waals surface area contributed by atoms with Crippen LogP contribution in [0.1, 0.15) is 38.2 Å². The average Bonchev–Trinajstić information content (AvgIpc) is 2.85. The van der Waals surface area contributed by atoms with Gasteiger partial charge in [0.1, 0.15) is 0 Å². The molecule has 1 aromatic carbocycles. The molecule has 2 unspecified atom stereocenters. The van der Waals surface area contributed by atoms with Crippen molar-refractivity contribution in [1.29, 1.82) is 0 Å². The fraction of sp³-hybridized carbons (Fsp3) is 0.625. The predicted molar refractivity (Wildman–Crippen MR) is 83.4 cm³/mol. The minimum atomic E-state index is -2.99. The highest BCUT2D eigenvalue weighted by molar-refractivity contribution is 7.90. The van der Waals surface area contributed by atoms with Crippen molar-refractivity contribution in [3.8, 4) is 0 Å². The van der Waals surface area contributed by atoms with Gasteiger partial charge in [-0.3, -0.25) is 0 Å². The number of nitrogens with one attached hydrogen (secondary N) is 1. The summed E-state index contributed by atoms with van der Waals surface area (Å²) in [5.74, 6) is 1.02. The summed E-state index contributed by atoms with van der Waals surface area (Å²) in [5.41, 5.74) is 0.891. The highest BCUT2D eigenvalue weighted by atomic mass is 32.2. The van der Waals surface area contributed by atoms with Crippen molar-refractivity contribution >= 4 is 9.84 Å². The van der Waals surface area contributed by atoms with E-state index in [1.165, 1.54) is 19.3 Å². The molecule has 0 aliphatic heterocycles. The maximum Gasteiger partial charge on any atom is 0.154 e.